The predicted octanol–water partition coefficient (Wildman–Crippen LogP) is 1.79. The average Bonchev–Trinajstić information content (AvgIpc) is 2.66. The molecule has 1 aromatic carbocycles. The second kappa shape index (κ2) is 4.23. The number of aromatic nitrogens is 1. The summed E-state index contributed by atoms with van der Waals surface area (Å²) in [6.07, 6.45) is 0.265. The molecule has 0 saturated heterocycles. The van der Waals surface area contributed by atoms with Crippen molar-refractivity contribution < 1.29 is 4.79 Å². The first-order valence-electron chi connectivity index (χ1n) is 4.51. The number of nitrogens with zero attached hydrogens (tertiary/aromatic N) is 1. The van der Waals surface area contributed by atoms with Gasteiger partial charge in [0.25, 0.3) is 5.56 Å². The van der Waals surface area contributed by atoms with Crippen molar-refractivity contribution in [2.45, 2.75) is 6.42 Å². The highest BCUT2D eigenvalue weighted by Gasteiger charge is 2.08. The number of rotatable bonds is 2. The Morgan fingerprint density at radius 1 is 1.20 bits per heavy atom. The molecule has 15 heavy (non-hydrogen) atoms. The molecule has 4 heteroatoms. The number of carbonyl (C=O) groups excluding carboxylic acids is 1. The van der Waals surface area contributed by atoms with Crippen LogP contribution in [0.2, 0.25) is 0 Å². The summed E-state index contributed by atoms with van der Waals surface area (Å²) in [7, 11) is 0. The molecule has 3 nitrogen and oxygen atoms in total. The minimum atomic E-state index is -0.249. The van der Waals surface area contributed by atoms with Crippen molar-refractivity contribution in [3.8, 4) is 0 Å². The SMILES string of the molecule is O=C(Cc1ccccc1)n1sccc1=O. The first-order valence-corrected chi connectivity index (χ1v) is 5.35. The topological polar surface area (TPSA) is 39.1 Å². The van der Waals surface area contributed by atoms with E-state index in [0.29, 0.717) is 0 Å². The summed E-state index contributed by atoms with van der Waals surface area (Å²) in [4.78, 5) is 22.9. The van der Waals surface area contributed by atoms with Crippen LogP contribution in [-0.2, 0) is 6.42 Å². The molecule has 0 aliphatic heterocycles. The van der Waals surface area contributed by atoms with Gasteiger partial charge >= 0.3 is 0 Å². The second-order valence-corrected chi connectivity index (χ2v) is 3.95. The third kappa shape index (κ3) is 2.22. The van der Waals surface area contributed by atoms with Crippen LogP contribution < -0.4 is 5.56 Å². The number of hydrogen-bond donors (Lipinski definition) is 0. The first-order chi connectivity index (χ1) is 7.27. The Morgan fingerprint density at radius 2 is 1.93 bits per heavy atom. The first kappa shape index (κ1) is 9.86. The summed E-state index contributed by atoms with van der Waals surface area (Å²) in [6, 6.07) is 10.8. The minimum absolute atomic E-state index is 0.179. The Kier molecular flexibility index (Phi) is 2.78. The van der Waals surface area contributed by atoms with Crippen LogP contribution in [0.5, 0.6) is 0 Å². The van der Waals surface area contributed by atoms with Crippen molar-refractivity contribution >= 4 is 17.4 Å². The van der Waals surface area contributed by atoms with E-state index in [1.807, 2.05) is 30.3 Å². The highest BCUT2D eigenvalue weighted by molar-refractivity contribution is 7.05. The van der Waals surface area contributed by atoms with Gasteiger partial charge in [0, 0.05) is 11.4 Å². The van der Waals surface area contributed by atoms with Crippen LogP contribution in [0.3, 0.4) is 0 Å². The molecule has 0 bridgehead atoms. The van der Waals surface area contributed by atoms with E-state index in [9.17, 15) is 9.59 Å². The standard InChI is InChI=1S/C11H9NO2S/c13-10-6-7-15-12(10)11(14)8-9-4-2-1-3-5-9/h1-7H,8H2. The Hall–Kier alpha value is -1.68. The molecule has 0 atom stereocenters. The molecule has 2 aromatic rings. The van der Waals surface area contributed by atoms with Gasteiger partial charge in [-0.2, -0.15) is 3.96 Å². The van der Waals surface area contributed by atoms with E-state index < -0.39 is 0 Å². The van der Waals surface area contributed by atoms with Gasteiger partial charge in [-0.3, -0.25) is 9.59 Å². The van der Waals surface area contributed by atoms with Crippen LogP contribution in [0.25, 0.3) is 0 Å². The summed E-state index contributed by atoms with van der Waals surface area (Å²) in [5.41, 5.74) is 0.670. The smallest absolute Gasteiger partial charge is 0.267 e. The van der Waals surface area contributed by atoms with Crippen molar-refractivity contribution in [3.05, 3.63) is 57.7 Å². The maximum atomic E-state index is 11.7. The summed E-state index contributed by atoms with van der Waals surface area (Å²) in [6.45, 7) is 0. The van der Waals surface area contributed by atoms with E-state index in [-0.39, 0.29) is 17.9 Å². The molecule has 2 rings (SSSR count). The van der Waals surface area contributed by atoms with E-state index in [0.717, 1.165) is 17.1 Å². The van der Waals surface area contributed by atoms with Gasteiger partial charge in [0.15, 0.2) is 0 Å². The molecule has 0 N–H and O–H groups in total. The highest BCUT2D eigenvalue weighted by Crippen LogP contribution is 2.02. The summed E-state index contributed by atoms with van der Waals surface area (Å²) >= 11 is 1.13. The van der Waals surface area contributed by atoms with Crippen LogP contribution in [0.1, 0.15) is 10.4 Å². The molecule has 0 spiro atoms. The van der Waals surface area contributed by atoms with Crippen LogP contribution in [0.15, 0.2) is 46.6 Å². The summed E-state index contributed by atoms with van der Waals surface area (Å²) < 4.78 is 1.17. The maximum Gasteiger partial charge on any atom is 0.267 e. The van der Waals surface area contributed by atoms with Crippen molar-refractivity contribution in [1.82, 2.24) is 3.96 Å². The van der Waals surface area contributed by atoms with Gasteiger partial charge in [-0.1, -0.05) is 41.9 Å². The highest BCUT2D eigenvalue weighted by atomic mass is 32.1. The van der Waals surface area contributed by atoms with Gasteiger partial charge in [-0.25, -0.2) is 0 Å². The van der Waals surface area contributed by atoms with Crippen LogP contribution >= 0.6 is 11.5 Å². The summed E-state index contributed by atoms with van der Waals surface area (Å²) in [5, 5.41) is 1.62. The normalized spacial score (nSPS) is 10.1. The predicted molar refractivity (Wildman–Crippen MR) is 59.4 cm³/mol. The zero-order chi connectivity index (χ0) is 10.7. The van der Waals surface area contributed by atoms with E-state index >= 15 is 0 Å². The van der Waals surface area contributed by atoms with Gasteiger partial charge in [0.1, 0.15) is 0 Å². The molecule has 1 aromatic heterocycles. The molecule has 0 amide bonds. The average molecular weight is 219 g/mol. The molecular formula is C11H9NO2S. The van der Waals surface area contributed by atoms with Gasteiger partial charge in [0.05, 0.1) is 6.42 Å². The van der Waals surface area contributed by atoms with E-state index in [4.69, 9.17) is 0 Å². The fourth-order valence-electron chi connectivity index (χ4n) is 1.29. The second-order valence-electron chi connectivity index (χ2n) is 3.10. The molecule has 0 aliphatic rings. The van der Waals surface area contributed by atoms with Crippen molar-refractivity contribution in [2.24, 2.45) is 0 Å². The lowest BCUT2D eigenvalue weighted by molar-refractivity contribution is 0.0923. The monoisotopic (exact) mass is 219 g/mol. The zero-order valence-electron chi connectivity index (χ0n) is 7.92. The van der Waals surface area contributed by atoms with Gasteiger partial charge < -0.3 is 0 Å². The Balaban J connectivity index is 2.18. The summed E-state index contributed by atoms with van der Waals surface area (Å²) in [5.74, 6) is -0.179. The van der Waals surface area contributed by atoms with E-state index in [1.54, 1.807) is 5.38 Å². The van der Waals surface area contributed by atoms with E-state index in [1.165, 1.54) is 10.0 Å². The van der Waals surface area contributed by atoms with Crippen molar-refractivity contribution in [1.29, 1.82) is 0 Å². The van der Waals surface area contributed by atoms with Gasteiger partial charge in [-0.05, 0) is 5.56 Å². The van der Waals surface area contributed by atoms with Gasteiger partial charge in [-0.15, -0.1) is 0 Å². The van der Waals surface area contributed by atoms with Crippen LogP contribution in [0.4, 0.5) is 0 Å². The van der Waals surface area contributed by atoms with E-state index in [2.05, 4.69) is 0 Å². The number of carbonyl (C=O) groups is 1. The molecule has 0 fully saturated rings. The minimum Gasteiger partial charge on any atom is -0.273 e. The lowest BCUT2D eigenvalue weighted by atomic mass is 10.1. The molecular weight excluding hydrogens is 210 g/mol. The largest absolute Gasteiger partial charge is 0.273 e. The molecule has 0 saturated carbocycles. The van der Waals surface area contributed by atoms with Crippen molar-refractivity contribution in [3.63, 3.8) is 0 Å². The fourth-order valence-corrected chi connectivity index (χ4v) is 1.94. The Labute approximate surface area is 90.8 Å². The van der Waals surface area contributed by atoms with Crippen molar-refractivity contribution in [2.75, 3.05) is 0 Å². The molecule has 0 aliphatic carbocycles. The Morgan fingerprint density at radius 3 is 2.53 bits per heavy atom. The maximum absolute atomic E-state index is 11.7. The lowest BCUT2D eigenvalue weighted by Crippen LogP contribution is -2.21. The number of benzene rings is 1. The molecule has 0 unspecified atom stereocenters. The number of hydrogen-bond acceptors (Lipinski definition) is 3. The zero-order valence-corrected chi connectivity index (χ0v) is 8.74. The lowest BCUT2D eigenvalue weighted by Gasteiger charge is -1.99. The van der Waals surface area contributed by atoms with Gasteiger partial charge in [0.2, 0.25) is 5.91 Å². The van der Waals surface area contributed by atoms with Crippen LogP contribution in [0, 0.1) is 0 Å². The molecule has 0 radical (unpaired) electrons. The molecule has 76 valence electrons. The quantitative estimate of drug-likeness (QED) is 0.772. The fraction of sp³-hybridized carbons (Fsp3) is 0.0909. The van der Waals surface area contributed by atoms with Crippen LogP contribution in [-0.4, -0.2) is 9.86 Å². The Bertz CT molecular complexity index is 513. The third-order valence-corrected chi connectivity index (χ3v) is 2.85. The molecule has 1 heterocycles. The third-order valence-electron chi connectivity index (χ3n) is 2.00.